The van der Waals surface area contributed by atoms with Crippen LogP contribution < -0.4 is 4.74 Å². The summed E-state index contributed by atoms with van der Waals surface area (Å²) < 4.78 is 10.9. The van der Waals surface area contributed by atoms with Crippen molar-refractivity contribution in [2.45, 2.75) is 0 Å². The highest BCUT2D eigenvalue weighted by atomic mass is 16.5. The average molecular weight is 250 g/mol. The molecular formula is C15H10N2O2. The zero-order valence-electron chi connectivity index (χ0n) is 10.0. The lowest BCUT2D eigenvalue weighted by Crippen LogP contribution is -1.92. The fourth-order valence-corrected chi connectivity index (χ4v) is 1.81. The summed E-state index contributed by atoms with van der Waals surface area (Å²) in [5.74, 6) is 1.18. The van der Waals surface area contributed by atoms with Crippen LogP contribution in [0.4, 0.5) is 0 Å². The molecular weight excluding hydrogens is 240 g/mol. The molecule has 0 amide bonds. The third-order valence-electron chi connectivity index (χ3n) is 2.68. The lowest BCUT2D eigenvalue weighted by molar-refractivity contribution is 0.368. The molecule has 0 radical (unpaired) electrons. The van der Waals surface area contributed by atoms with Crippen LogP contribution >= 0.6 is 0 Å². The van der Waals surface area contributed by atoms with E-state index in [0.29, 0.717) is 17.2 Å². The standard InChI is InChI=1S/C15H10N2O2/c16-8-9-18-12-6-7-13-14(10-12)19-15(17-13)11-4-2-1-3-5-11/h1-7,10H,9H2. The summed E-state index contributed by atoms with van der Waals surface area (Å²) >= 11 is 0. The Morgan fingerprint density at radius 2 is 2.00 bits per heavy atom. The summed E-state index contributed by atoms with van der Waals surface area (Å²) in [5.41, 5.74) is 2.34. The first-order chi connectivity index (χ1) is 9.36. The van der Waals surface area contributed by atoms with Gasteiger partial charge in [-0.05, 0) is 24.3 Å². The van der Waals surface area contributed by atoms with Gasteiger partial charge in [-0.15, -0.1) is 0 Å². The van der Waals surface area contributed by atoms with Gasteiger partial charge in [-0.25, -0.2) is 4.98 Å². The number of ether oxygens (including phenoxy) is 1. The van der Waals surface area contributed by atoms with E-state index in [1.54, 1.807) is 12.1 Å². The first-order valence-corrected chi connectivity index (χ1v) is 5.82. The smallest absolute Gasteiger partial charge is 0.227 e. The van der Waals surface area contributed by atoms with Crippen LogP contribution in [0.25, 0.3) is 22.6 Å². The summed E-state index contributed by atoms with van der Waals surface area (Å²) in [4.78, 5) is 4.42. The molecule has 1 aromatic heterocycles. The second-order valence-corrected chi connectivity index (χ2v) is 3.96. The Balaban J connectivity index is 2.00. The van der Waals surface area contributed by atoms with Crippen LogP contribution in [-0.2, 0) is 0 Å². The molecule has 0 unspecified atom stereocenters. The highest BCUT2D eigenvalue weighted by Crippen LogP contribution is 2.26. The normalized spacial score (nSPS) is 10.3. The molecule has 0 saturated heterocycles. The highest BCUT2D eigenvalue weighted by Gasteiger charge is 2.08. The number of aromatic nitrogens is 1. The van der Waals surface area contributed by atoms with Gasteiger partial charge in [0.05, 0.1) is 0 Å². The van der Waals surface area contributed by atoms with E-state index in [0.717, 1.165) is 11.1 Å². The van der Waals surface area contributed by atoms with E-state index in [2.05, 4.69) is 4.98 Å². The van der Waals surface area contributed by atoms with E-state index in [9.17, 15) is 0 Å². The molecule has 0 saturated carbocycles. The third kappa shape index (κ3) is 2.26. The van der Waals surface area contributed by atoms with Crippen LogP contribution in [0.5, 0.6) is 5.75 Å². The molecule has 0 bridgehead atoms. The maximum Gasteiger partial charge on any atom is 0.227 e. The first-order valence-electron chi connectivity index (χ1n) is 5.82. The van der Waals surface area contributed by atoms with Crippen LogP contribution in [0, 0.1) is 11.3 Å². The number of benzene rings is 2. The van der Waals surface area contributed by atoms with Gasteiger partial charge in [-0.2, -0.15) is 5.26 Å². The number of nitrogens with zero attached hydrogens (tertiary/aromatic N) is 2. The molecule has 0 aliphatic heterocycles. The van der Waals surface area contributed by atoms with E-state index in [-0.39, 0.29) is 6.61 Å². The minimum absolute atomic E-state index is 0.0190. The topological polar surface area (TPSA) is 59.0 Å². The Bertz CT molecular complexity index is 742. The Kier molecular flexibility index (Phi) is 2.87. The van der Waals surface area contributed by atoms with Gasteiger partial charge in [0, 0.05) is 11.6 Å². The summed E-state index contributed by atoms with van der Waals surface area (Å²) in [5, 5.41) is 8.48. The van der Waals surface area contributed by atoms with E-state index >= 15 is 0 Å². The summed E-state index contributed by atoms with van der Waals surface area (Å²) in [7, 11) is 0. The Morgan fingerprint density at radius 3 is 2.79 bits per heavy atom. The Hall–Kier alpha value is -2.80. The van der Waals surface area contributed by atoms with Crippen molar-refractivity contribution in [2.75, 3.05) is 6.61 Å². The molecule has 3 rings (SSSR count). The molecule has 4 nitrogen and oxygen atoms in total. The molecule has 2 aromatic carbocycles. The zero-order chi connectivity index (χ0) is 13.1. The number of hydrogen-bond acceptors (Lipinski definition) is 4. The number of rotatable bonds is 3. The molecule has 3 aromatic rings. The second-order valence-electron chi connectivity index (χ2n) is 3.96. The van der Waals surface area contributed by atoms with Crippen LogP contribution in [0.3, 0.4) is 0 Å². The molecule has 19 heavy (non-hydrogen) atoms. The monoisotopic (exact) mass is 250 g/mol. The molecule has 0 N–H and O–H groups in total. The predicted octanol–water partition coefficient (Wildman–Crippen LogP) is 3.40. The summed E-state index contributed by atoms with van der Waals surface area (Å²) in [6.07, 6.45) is 0. The van der Waals surface area contributed by atoms with E-state index in [4.69, 9.17) is 14.4 Å². The molecule has 0 aliphatic carbocycles. The third-order valence-corrected chi connectivity index (χ3v) is 2.68. The van der Waals surface area contributed by atoms with Crippen molar-refractivity contribution in [3.8, 4) is 23.3 Å². The van der Waals surface area contributed by atoms with E-state index in [1.165, 1.54) is 0 Å². The van der Waals surface area contributed by atoms with Gasteiger partial charge in [-0.3, -0.25) is 0 Å². The van der Waals surface area contributed by atoms with Crippen molar-refractivity contribution in [1.82, 2.24) is 4.98 Å². The van der Waals surface area contributed by atoms with Crippen LogP contribution in [0.15, 0.2) is 52.9 Å². The molecule has 0 spiro atoms. The van der Waals surface area contributed by atoms with E-state index in [1.807, 2.05) is 42.5 Å². The van der Waals surface area contributed by atoms with Gasteiger partial charge in [0.1, 0.15) is 17.3 Å². The minimum Gasteiger partial charge on any atom is -0.479 e. The fourth-order valence-electron chi connectivity index (χ4n) is 1.81. The summed E-state index contributed by atoms with van der Waals surface area (Å²) in [6, 6.07) is 17.0. The van der Waals surface area contributed by atoms with Crippen molar-refractivity contribution in [2.24, 2.45) is 0 Å². The average Bonchev–Trinajstić information content (AvgIpc) is 2.89. The molecule has 0 atom stereocenters. The number of fused-ring (bicyclic) bond motifs is 1. The van der Waals surface area contributed by atoms with Gasteiger partial charge in [0.15, 0.2) is 12.2 Å². The minimum atomic E-state index is 0.0190. The fraction of sp³-hybridized carbons (Fsp3) is 0.0667. The molecule has 1 heterocycles. The number of oxazole rings is 1. The van der Waals surface area contributed by atoms with E-state index < -0.39 is 0 Å². The van der Waals surface area contributed by atoms with Crippen molar-refractivity contribution in [3.63, 3.8) is 0 Å². The highest BCUT2D eigenvalue weighted by molar-refractivity contribution is 5.77. The maximum absolute atomic E-state index is 8.48. The van der Waals surface area contributed by atoms with Gasteiger partial charge in [0.25, 0.3) is 0 Å². The SMILES string of the molecule is N#CCOc1ccc2nc(-c3ccccc3)oc2c1. The first kappa shape index (κ1) is 11.3. The second kappa shape index (κ2) is 4.83. The van der Waals surface area contributed by atoms with Gasteiger partial charge in [0.2, 0.25) is 5.89 Å². The maximum atomic E-state index is 8.48. The van der Waals surface area contributed by atoms with Crippen LogP contribution in [0.2, 0.25) is 0 Å². The van der Waals surface area contributed by atoms with Crippen molar-refractivity contribution in [3.05, 3.63) is 48.5 Å². The van der Waals surface area contributed by atoms with Crippen molar-refractivity contribution < 1.29 is 9.15 Å². The lowest BCUT2D eigenvalue weighted by atomic mass is 10.2. The van der Waals surface area contributed by atoms with Crippen LogP contribution in [0.1, 0.15) is 0 Å². The largest absolute Gasteiger partial charge is 0.479 e. The lowest BCUT2D eigenvalue weighted by Gasteiger charge is -1.98. The molecule has 4 heteroatoms. The van der Waals surface area contributed by atoms with Crippen molar-refractivity contribution in [1.29, 1.82) is 5.26 Å². The molecule has 92 valence electrons. The van der Waals surface area contributed by atoms with Crippen molar-refractivity contribution >= 4 is 11.1 Å². The molecule has 0 aliphatic rings. The van der Waals surface area contributed by atoms with Gasteiger partial charge < -0.3 is 9.15 Å². The predicted molar refractivity (Wildman–Crippen MR) is 70.6 cm³/mol. The zero-order valence-corrected chi connectivity index (χ0v) is 10.0. The number of nitriles is 1. The quantitative estimate of drug-likeness (QED) is 0.714. The van der Waals surface area contributed by atoms with Gasteiger partial charge >= 0.3 is 0 Å². The Morgan fingerprint density at radius 1 is 1.16 bits per heavy atom. The van der Waals surface area contributed by atoms with Crippen LogP contribution in [-0.4, -0.2) is 11.6 Å². The van der Waals surface area contributed by atoms with Gasteiger partial charge in [-0.1, -0.05) is 18.2 Å². The summed E-state index contributed by atoms with van der Waals surface area (Å²) in [6.45, 7) is 0.0190. The number of hydrogen-bond donors (Lipinski definition) is 0. The Labute approximate surface area is 109 Å². The molecule has 0 fully saturated rings.